The van der Waals surface area contributed by atoms with Crippen LogP contribution < -0.4 is 0 Å². The van der Waals surface area contributed by atoms with Crippen LogP contribution in [-0.4, -0.2) is 34.3 Å². The average Bonchev–Trinajstić information content (AvgIpc) is 1.74. The van der Waals surface area contributed by atoms with E-state index in [-0.39, 0.29) is 11.9 Å². The Morgan fingerprint density at radius 3 is 1.04 bits per heavy atom. The van der Waals surface area contributed by atoms with Crippen LogP contribution in [0.4, 0.5) is 0 Å². The number of ether oxygens (including phenoxy) is 2. The fourth-order valence-corrected chi connectivity index (χ4v) is 17.2. The normalized spacial score (nSPS) is 11.8. The molecule has 470 valence electrons. The van der Waals surface area contributed by atoms with E-state index in [9.17, 15) is 9.59 Å². The van der Waals surface area contributed by atoms with Crippen LogP contribution in [0.1, 0.15) is 201 Å². The maximum Gasteiger partial charge on any atom is 0.348 e. The number of benzene rings is 5. The number of carbonyl (C=O) groups is 2. The van der Waals surface area contributed by atoms with Crippen molar-refractivity contribution in [2.45, 2.75) is 195 Å². The molecule has 6 nitrogen and oxygen atoms in total. The third-order valence-electron chi connectivity index (χ3n) is 18.0. The predicted octanol–water partition coefficient (Wildman–Crippen LogP) is 25.9. The molecule has 11 rings (SSSR count). The molecule has 0 radical (unpaired) electrons. The van der Waals surface area contributed by atoms with Crippen molar-refractivity contribution in [1.82, 2.24) is 9.13 Å². The molecular weight excluding hydrogens is 1180 g/mol. The van der Waals surface area contributed by atoms with Gasteiger partial charge in [0.05, 0.1) is 24.2 Å². The molecule has 90 heavy (non-hydrogen) atoms. The maximum atomic E-state index is 13.1. The minimum atomic E-state index is -0.234. The van der Waals surface area contributed by atoms with Gasteiger partial charge in [0.15, 0.2) is 0 Å². The van der Waals surface area contributed by atoms with Crippen molar-refractivity contribution in [3.8, 4) is 62.6 Å². The summed E-state index contributed by atoms with van der Waals surface area (Å²) in [5.74, 6) is -0.469. The Morgan fingerprint density at radius 2 is 0.667 bits per heavy atom. The van der Waals surface area contributed by atoms with Crippen LogP contribution in [0.5, 0.6) is 0 Å². The van der Waals surface area contributed by atoms with Gasteiger partial charge in [0.2, 0.25) is 0 Å². The molecule has 6 aromatic heterocycles. The summed E-state index contributed by atoms with van der Waals surface area (Å²) in [4.78, 5) is 34.3. The lowest BCUT2D eigenvalue weighted by Crippen LogP contribution is -2.03. The number of rotatable bonds is 36. The van der Waals surface area contributed by atoms with Crippen LogP contribution in [0, 0.1) is 0 Å². The molecule has 5 aromatic carbocycles. The van der Waals surface area contributed by atoms with Crippen molar-refractivity contribution in [3.63, 3.8) is 0 Å². The molecule has 0 spiro atoms. The minimum Gasteiger partial charge on any atom is -0.462 e. The van der Waals surface area contributed by atoms with E-state index in [1.807, 2.05) is 12.1 Å². The van der Waals surface area contributed by atoms with E-state index in [1.54, 1.807) is 22.7 Å². The number of fused-ring (bicyclic) bond motifs is 6. The first-order valence-electron chi connectivity index (χ1n) is 34.3. The Labute approximate surface area is 551 Å². The van der Waals surface area contributed by atoms with Crippen LogP contribution in [0.2, 0.25) is 0 Å². The molecule has 0 bridgehead atoms. The van der Waals surface area contributed by atoms with Gasteiger partial charge in [-0.2, -0.15) is 0 Å². The SMILES string of the molecule is CCCCCCCCCCCCn1c2ccc(-c3ccc(-c4ccc(C(=O)OCCCC)s4)s3)cc2c2c(-c3ccccc3)c3c(c(-c4ccccc4)c21)c1cc(-c2ccc(-c4ccc(C(=O)OCCCC)s4)s2)ccc1n3CCCCCCCCCCCC. The molecule has 10 heteroatoms. The first-order valence-corrected chi connectivity index (χ1v) is 37.6. The van der Waals surface area contributed by atoms with Gasteiger partial charge in [-0.15, -0.1) is 45.3 Å². The number of carbonyl (C=O) groups excluding carboxylic acids is 2. The lowest BCUT2D eigenvalue weighted by molar-refractivity contribution is 0.0496. The Hall–Kier alpha value is -6.56. The summed E-state index contributed by atoms with van der Waals surface area (Å²) in [5.41, 5.74) is 12.6. The summed E-state index contributed by atoms with van der Waals surface area (Å²) in [6.45, 7) is 11.6. The van der Waals surface area contributed by atoms with Gasteiger partial charge >= 0.3 is 11.9 Å². The van der Waals surface area contributed by atoms with Gasteiger partial charge in [-0.05, 0) is 121 Å². The van der Waals surface area contributed by atoms with Crippen LogP contribution in [0.3, 0.4) is 0 Å². The van der Waals surface area contributed by atoms with E-state index in [0.29, 0.717) is 23.0 Å². The largest absolute Gasteiger partial charge is 0.462 e. The van der Waals surface area contributed by atoms with Crippen LogP contribution in [-0.2, 0) is 22.6 Å². The number of hydrogen-bond donors (Lipinski definition) is 0. The topological polar surface area (TPSA) is 62.5 Å². The fourth-order valence-electron chi connectivity index (χ4n) is 13.2. The summed E-state index contributed by atoms with van der Waals surface area (Å²) in [6.07, 6.45) is 29.5. The van der Waals surface area contributed by atoms with Crippen molar-refractivity contribution in [2.75, 3.05) is 13.2 Å². The Bertz CT molecular complexity index is 3830. The highest BCUT2D eigenvalue weighted by Crippen LogP contribution is 2.53. The first-order chi connectivity index (χ1) is 44.4. The summed E-state index contributed by atoms with van der Waals surface area (Å²) < 4.78 is 16.7. The molecule has 0 saturated heterocycles. The standard InChI is InChI=1S/C80H92N2O4S4/c1-5-9-13-15-17-19-21-23-25-33-51-81-63-41-39-59(65-43-45-67(87-65)69-47-49-71(89-69)79(83)85-53-11-7-3)55-61(63)75-74(58-37-31-28-32-38-58)78-76(73(77(75)81)57-35-29-27-30-36-57)62-56-60(40-42-64(62)82(78)52-34-26-24-22-20-18-16-14-10-6-2)66-44-46-68(88-66)70-48-50-72(90-70)80(84)86-54-12-8-4/h27-32,35-50,55-56H,5-26,33-34,51-54H2,1-4H3. The highest BCUT2D eigenvalue weighted by Gasteiger charge is 2.29. The maximum absolute atomic E-state index is 13.1. The van der Waals surface area contributed by atoms with Crippen LogP contribution in [0.25, 0.3) is 106 Å². The lowest BCUT2D eigenvalue weighted by atomic mass is 9.89. The zero-order valence-electron chi connectivity index (χ0n) is 53.8. The number of aryl methyl sites for hydroxylation is 2. The number of hydrogen-bond acceptors (Lipinski definition) is 8. The summed E-state index contributed by atoms with van der Waals surface area (Å²) in [7, 11) is 0. The average molecular weight is 1270 g/mol. The smallest absolute Gasteiger partial charge is 0.348 e. The summed E-state index contributed by atoms with van der Waals surface area (Å²) in [5, 5.41) is 5.20. The third-order valence-corrected chi connectivity index (χ3v) is 22.8. The summed E-state index contributed by atoms with van der Waals surface area (Å²) >= 11 is 6.64. The molecule has 0 unspecified atom stereocenters. The van der Waals surface area contributed by atoms with Gasteiger partial charge in [0.1, 0.15) is 9.75 Å². The van der Waals surface area contributed by atoms with Gasteiger partial charge in [-0.3, -0.25) is 0 Å². The lowest BCUT2D eigenvalue weighted by Gasteiger charge is -2.18. The van der Waals surface area contributed by atoms with Crippen molar-refractivity contribution < 1.29 is 19.1 Å². The van der Waals surface area contributed by atoms with E-state index in [1.165, 1.54) is 225 Å². The quantitative estimate of drug-likeness (QED) is 0.0290. The molecule has 0 amide bonds. The number of aromatic nitrogens is 2. The van der Waals surface area contributed by atoms with E-state index in [4.69, 9.17) is 9.47 Å². The number of nitrogens with zero attached hydrogens (tertiary/aromatic N) is 2. The highest BCUT2D eigenvalue weighted by atomic mass is 32.1. The van der Waals surface area contributed by atoms with Crippen molar-refractivity contribution in [3.05, 3.63) is 155 Å². The van der Waals surface area contributed by atoms with Gasteiger partial charge in [0, 0.05) is 86.1 Å². The fraction of sp³-hybridized carbons (Fsp3) is 0.400. The summed E-state index contributed by atoms with van der Waals surface area (Å²) in [6, 6.07) is 54.3. The minimum absolute atomic E-state index is 0.234. The van der Waals surface area contributed by atoms with E-state index >= 15 is 0 Å². The molecule has 0 aliphatic carbocycles. The van der Waals surface area contributed by atoms with E-state index < -0.39 is 0 Å². The molecule has 0 N–H and O–H groups in total. The zero-order chi connectivity index (χ0) is 62.0. The highest BCUT2D eigenvalue weighted by molar-refractivity contribution is 7.25. The number of esters is 2. The molecule has 0 aliphatic rings. The van der Waals surface area contributed by atoms with Crippen molar-refractivity contribution in [1.29, 1.82) is 0 Å². The second-order valence-electron chi connectivity index (χ2n) is 24.7. The molecule has 11 aromatic rings. The Kier molecular flexibility index (Phi) is 23.6. The predicted molar refractivity (Wildman–Crippen MR) is 391 cm³/mol. The van der Waals surface area contributed by atoms with Gasteiger partial charge in [-0.1, -0.05) is 229 Å². The van der Waals surface area contributed by atoms with Crippen molar-refractivity contribution >= 4 is 101 Å². The van der Waals surface area contributed by atoms with Gasteiger partial charge in [-0.25, -0.2) is 9.59 Å². The second kappa shape index (κ2) is 32.6. The Balaban J connectivity index is 1.09. The second-order valence-corrected chi connectivity index (χ2v) is 29.0. The molecule has 0 atom stereocenters. The van der Waals surface area contributed by atoms with E-state index in [2.05, 4.69) is 170 Å². The zero-order valence-corrected chi connectivity index (χ0v) is 57.1. The first kappa shape index (κ1) is 65.0. The third kappa shape index (κ3) is 15.3. The monoisotopic (exact) mass is 1270 g/mol. The molecule has 6 heterocycles. The van der Waals surface area contributed by atoms with E-state index in [0.717, 1.165) is 71.1 Å². The molecular formula is C80H92N2O4S4. The van der Waals surface area contributed by atoms with Crippen molar-refractivity contribution in [2.24, 2.45) is 0 Å². The van der Waals surface area contributed by atoms with Gasteiger partial charge < -0.3 is 18.6 Å². The number of unbranched alkanes of at least 4 members (excludes halogenated alkanes) is 20. The number of thiophene rings is 4. The molecule has 0 aliphatic heterocycles. The van der Waals surface area contributed by atoms with Gasteiger partial charge in [0.25, 0.3) is 0 Å². The van der Waals surface area contributed by atoms with Crippen LogP contribution >= 0.6 is 45.3 Å². The Morgan fingerprint density at radius 1 is 0.333 bits per heavy atom. The molecule has 0 fully saturated rings. The van der Waals surface area contributed by atoms with Crippen LogP contribution in [0.15, 0.2) is 146 Å². The molecule has 0 saturated carbocycles.